The van der Waals surface area contributed by atoms with Gasteiger partial charge in [0.25, 0.3) is 5.69 Å². The number of rotatable bonds is 5. The van der Waals surface area contributed by atoms with Crippen molar-refractivity contribution in [1.82, 2.24) is 0 Å². The Hall–Kier alpha value is -1.95. The van der Waals surface area contributed by atoms with E-state index in [2.05, 4.69) is 0 Å². The van der Waals surface area contributed by atoms with Crippen molar-refractivity contribution in [2.45, 2.75) is 6.92 Å². The average molecular weight is 265 g/mol. The van der Waals surface area contributed by atoms with Crippen molar-refractivity contribution in [3.05, 3.63) is 45.5 Å². The largest absolute Gasteiger partial charge is 0.298 e. The average Bonchev–Trinajstić information content (AvgIpc) is 2.34. The van der Waals surface area contributed by atoms with Gasteiger partial charge >= 0.3 is 0 Å². The predicted molar refractivity (Wildman–Crippen MR) is 70.7 cm³/mol. The van der Waals surface area contributed by atoms with E-state index in [4.69, 9.17) is 0 Å². The molecule has 0 aliphatic rings. The van der Waals surface area contributed by atoms with E-state index in [0.29, 0.717) is 17.6 Å². The highest BCUT2D eigenvalue weighted by atomic mass is 32.2. The van der Waals surface area contributed by atoms with Gasteiger partial charge < -0.3 is 0 Å². The van der Waals surface area contributed by atoms with Crippen molar-refractivity contribution in [2.75, 3.05) is 5.75 Å². The van der Waals surface area contributed by atoms with Gasteiger partial charge in [0.2, 0.25) is 0 Å². The number of hydrogen-bond acceptors (Lipinski definition) is 5. The van der Waals surface area contributed by atoms with Gasteiger partial charge in [-0.25, -0.2) is 0 Å². The zero-order chi connectivity index (χ0) is 13.5. The summed E-state index contributed by atoms with van der Waals surface area (Å²) in [7, 11) is 0. The van der Waals surface area contributed by atoms with Crippen molar-refractivity contribution in [3.63, 3.8) is 0 Å². The molecule has 0 heterocycles. The van der Waals surface area contributed by atoms with Gasteiger partial charge in [0, 0.05) is 24.3 Å². The third-order valence-corrected chi connectivity index (χ3v) is 2.83. The molecule has 0 atom stereocenters. The predicted octanol–water partition coefficient (Wildman–Crippen LogP) is 2.70. The van der Waals surface area contributed by atoms with Crippen LogP contribution in [-0.2, 0) is 4.79 Å². The minimum Gasteiger partial charge on any atom is -0.298 e. The number of aldehydes is 1. The summed E-state index contributed by atoms with van der Waals surface area (Å²) >= 11 is 1.12. The third kappa shape index (κ3) is 4.14. The second-order valence-corrected chi connectivity index (χ2v) is 4.60. The van der Waals surface area contributed by atoms with Gasteiger partial charge in [0.1, 0.15) is 6.29 Å². The highest BCUT2D eigenvalue weighted by molar-refractivity contribution is 8.13. The molecule has 0 aliphatic heterocycles. The molecule has 0 fully saturated rings. The molecule has 0 unspecified atom stereocenters. The molecule has 6 heteroatoms. The number of carbonyl (C=O) groups excluding carboxylic acids is 2. The number of thioether (sulfide) groups is 1. The van der Waals surface area contributed by atoms with E-state index >= 15 is 0 Å². The molecule has 18 heavy (non-hydrogen) atoms. The minimum absolute atomic E-state index is 0.00884. The van der Waals surface area contributed by atoms with E-state index in [1.807, 2.05) is 0 Å². The van der Waals surface area contributed by atoms with Gasteiger partial charge in [0.15, 0.2) is 5.12 Å². The Labute approximate surface area is 108 Å². The first-order chi connectivity index (χ1) is 8.54. The smallest absolute Gasteiger partial charge is 0.277 e. The van der Waals surface area contributed by atoms with Crippen LogP contribution < -0.4 is 0 Å². The first-order valence-corrected chi connectivity index (χ1v) is 6.06. The first-order valence-electron chi connectivity index (χ1n) is 5.08. The van der Waals surface area contributed by atoms with E-state index in [0.717, 1.165) is 11.8 Å². The van der Waals surface area contributed by atoms with Gasteiger partial charge in [-0.2, -0.15) is 0 Å². The minimum atomic E-state index is -0.537. The first kappa shape index (κ1) is 14.1. The van der Waals surface area contributed by atoms with Crippen molar-refractivity contribution >= 4 is 34.9 Å². The fraction of sp³-hybridized carbons (Fsp3) is 0.167. The lowest BCUT2D eigenvalue weighted by Crippen LogP contribution is -1.93. The maximum atomic E-state index is 10.8. The van der Waals surface area contributed by atoms with Crippen molar-refractivity contribution in [1.29, 1.82) is 0 Å². The van der Waals surface area contributed by atoms with Crippen LogP contribution in [0.2, 0.25) is 0 Å². The molecule has 1 aromatic rings. The van der Waals surface area contributed by atoms with E-state index in [9.17, 15) is 19.7 Å². The maximum absolute atomic E-state index is 10.8. The second-order valence-electron chi connectivity index (χ2n) is 3.40. The highest BCUT2D eigenvalue weighted by Crippen LogP contribution is 2.21. The molecule has 0 radical (unpaired) electrons. The topological polar surface area (TPSA) is 77.3 Å². The highest BCUT2D eigenvalue weighted by Gasteiger charge is 2.11. The monoisotopic (exact) mass is 265 g/mol. The van der Waals surface area contributed by atoms with Gasteiger partial charge in [-0.1, -0.05) is 30.0 Å². The Bertz CT molecular complexity index is 511. The number of nitro benzene ring substituents is 1. The molecule has 0 aromatic heterocycles. The summed E-state index contributed by atoms with van der Waals surface area (Å²) in [6.07, 6.45) is 3.81. The van der Waals surface area contributed by atoms with E-state index in [1.54, 1.807) is 12.2 Å². The quantitative estimate of drug-likeness (QED) is 0.464. The molecule has 5 nitrogen and oxygen atoms in total. The van der Waals surface area contributed by atoms with Crippen LogP contribution in [0.1, 0.15) is 22.8 Å². The van der Waals surface area contributed by atoms with Gasteiger partial charge in [-0.3, -0.25) is 19.7 Å². The van der Waals surface area contributed by atoms with Crippen LogP contribution in [0.15, 0.2) is 24.3 Å². The molecule has 0 saturated heterocycles. The van der Waals surface area contributed by atoms with Crippen LogP contribution >= 0.6 is 11.8 Å². The number of carbonyl (C=O) groups is 2. The van der Waals surface area contributed by atoms with Crippen LogP contribution in [0.3, 0.4) is 0 Å². The van der Waals surface area contributed by atoms with Gasteiger partial charge in [-0.15, -0.1) is 0 Å². The molecule has 1 rings (SSSR count). The number of nitro groups is 1. The Balaban J connectivity index is 2.91. The fourth-order valence-electron chi connectivity index (χ4n) is 1.27. The summed E-state index contributed by atoms with van der Waals surface area (Å²) in [6.45, 7) is 1.46. The van der Waals surface area contributed by atoms with E-state index in [1.165, 1.54) is 25.1 Å². The van der Waals surface area contributed by atoms with Gasteiger partial charge in [0.05, 0.1) is 10.5 Å². The van der Waals surface area contributed by atoms with Crippen molar-refractivity contribution < 1.29 is 14.5 Å². The Morgan fingerprint density at radius 2 is 2.22 bits per heavy atom. The van der Waals surface area contributed by atoms with Gasteiger partial charge in [-0.05, 0) is 6.07 Å². The lowest BCUT2D eigenvalue weighted by Gasteiger charge is -1.98. The second kappa shape index (κ2) is 6.70. The van der Waals surface area contributed by atoms with Crippen LogP contribution in [0.25, 0.3) is 6.08 Å². The Morgan fingerprint density at radius 3 is 2.78 bits per heavy atom. The lowest BCUT2D eigenvalue weighted by atomic mass is 10.1. The summed E-state index contributed by atoms with van der Waals surface area (Å²) in [4.78, 5) is 31.5. The SMILES string of the molecule is CC(=O)SCC=Cc1ccc(C=O)cc1[N+](=O)[O-]. The lowest BCUT2D eigenvalue weighted by molar-refractivity contribution is -0.385. The summed E-state index contributed by atoms with van der Waals surface area (Å²) in [5.41, 5.74) is 0.551. The summed E-state index contributed by atoms with van der Waals surface area (Å²) < 4.78 is 0. The normalized spacial score (nSPS) is 10.5. The zero-order valence-electron chi connectivity index (χ0n) is 9.66. The number of hydrogen-bond donors (Lipinski definition) is 0. The molecule has 1 aromatic carbocycles. The molecule has 94 valence electrons. The molecule has 0 N–H and O–H groups in total. The molecular weight excluding hydrogens is 254 g/mol. The van der Waals surface area contributed by atoms with Crippen molar-refractivity contribution in [2.24, 2.45) is 0 Å². The molecule has 0 aliphatic carbocycles. The van der Waals surface area contributed by atoms with E-state index in [-0.39, 0.29) is 16.4 Å². The molecule has 0 amide bonds. The standard InChI is InChI=1S/C12H11NO4S/c1-9(15)18-6-2-3-11-5-4-10(8-14)7-12(11)13(16)17/h2-5,7-8H,6H2,1H3. The van der Waals surface area contributed by atoms with E-state index < -0.39 is 4.92 Å². The molecule has 0 bridgehead atoms. The van der Waals surface area contributed by atoms with Crippen LogP contribution in [0.5, 0.6) is 0 Å². The van der Waals surface area contributed by atoms with Crippen LogP contribution in [0.4, 0.5) is 5.69 Å². The molecule has 0 spiro atoms. The van der Waals surface area contributed by atoms with Crippen LogP contribution in [-0.4, -0.2) is 22.1 Å². The summed E-state index contributed by atoms with van der Waals surface area (Å²) in [6, 6.07) is 4.25. The Kier molecular flexibility index (Phi) is 5.26. The number of nitrogens with zero attached hydrogens (tertiary/aromatic N) is 1. The zero-order valence-corrected chi connectivity index (χ0v) is 10.5. The molecular formula is C12H11NO4S. The molecule has 0 saturated carbocycles. The number of benzene rings is 1. The summed E-state index contributed by atoms with van der Waals surface area (Å²) in [5, 5.41) is 10.8. The summed E-state index contributed by atoms with van der Waals surface area (Å²) in [5.74, 6) is 0.460. The van der Waals surface area contributed by atoms with Crippen LogP contribution in [0, 0.1) is 10.1 Å². The third-order valence-electron chi connectivity index (χ3n) is 2.07. The van der Waals surface area contributed by atoms with Crippen molar-refractivity contribution in [3.8, 4) is 0 Å². The fourth-order valence-corrected chi connectivity index (χ4v) is 1.70. The maximum Gasteiger partial charge on any atom is 0.277 e. The Morgan fingerprint density at radius 1 is 1.50 bits per heavy atom.